The molecule has 0 saturated heterocycles. The number of aldehydes is 2. The van der Waals surface area contributed by atoms with Gasteiger partial charge in [-0.05, 0) is 35.3 Å². The van der Waals surface area contributed by atoms with Crippen molar-refractivity contribution >= 4 is 56.8 Å². The van der Waals surface area contributed by atoms with Gasteiger partial charge in [0.05, 0.1) is 45.5 Å². The number of carbonyl (C=O) groups excluding carboxylic acids is 4. The fourth-order valence-corrected chi connectivity index (χ4v) is 3.49. The lowest BCUT2D eigenvalue weighted by molar-refractivity contribution is -0.921. The summed E-state index contributed by atoms with van der Waals surface area (Å²) in [6.07, 6.45) is 7.48. The van der Waals surface area contributed by atoms with Crippen molar-refractivity contribution in [3.63, 3.8) is 0 Å². The Morgan fingerprint density at radius 2 is 1.31 bits per heavy atom. The molecule has 0 aliphatic rings. The molecule has 2 heterocycles. The summed E-state index contributed by atoms with van der Waals surface area (Å²) >= 11 is 6.58. The van der Waals surface area contributed by atoms with Crippen LogP contribution in [0.2, 0.25) is 0 Å². The summed E-state index contributed by atoms with van der Waals surface area (Å²) < 4.78 is 14.4. The van der Waals surface area contributed by atoms with Crippen molar-refractivity contribution in [3.8, 4) is 0 Å². The summed E-state index contributed by atoms with van der Waals surface area (Å²) in [5, 5.41) is 1.49. The van der Waals surface area contributed by atoms with Crippen molar-refractivity contribution in [2.24, 2.45) is 0 Å². The van der Waals surface area contributed by atoms with Gasteiger partial charge in [-0.25, -0.2) is 0 Å². The van der Waals surface area contributed by atoms with Crippen LogP contribution in [0.1, 0.15) is 36.8 Å². The minimum atomic E-state index is -1.09. The predicted molar refractivity (Wildman–Crippen MR) is 117 cm³/mol. The zero-order valence-electron chi connectivity index (χ0n) is 17.3. The number of pyridine rings is 2. The Hall–Kier alpha value is -2.70. The van der Waals surface area contributed by atoms with Crippen LogP contribution in [0.5, 0.6) is 0 Å². The van der Waals surface area contributed by atoms with E-state index in [2.05, 4.69) is 32.3 Å². The van der Waals surface area contributed by atoms with Gasteiger partial charge in [-0.15, -0.1) is 0 Å². The second-order valence-corrected chi connectivity index (χ2v) is 8.55. The molecule has 0 amide bonds. The van der Waals surface area contributed by atoms with E-state index < -0.39 is 23.8 Å². The fourth-order valence-electron chi connectivity index (χ4n) is 2.83. The first kappa shape index (κ1) is 25.6. The number of rotatable bonds is 11. The number of hydrogen-bond donors (Lipinski definition) is 0. The Morgan fingerprint density at radius 3 is 1.62 bits per heavy atom. The number of carbonyl (C=O) groups is 4. The summed E-state index contributed by atoms with van der Waals surface area (Å²) in [5.74, 6) is -3.50. The maximum Gasteiger partial charge on any atom is 0.320 e. The van der Waals surface area contributed by atoms with E-state index in [9.17, 15) is 19.2 Å². The molecule has 10 nitrogen and oxygen atoms in total. The van der Waals surface area contributed by atoms with E-state index in [0.717, 1.165) is 0 Å². The molecule has 0 radical (unpaired) electrons. The molecule has 2 unspecified atom stereocenters. The van der Waals surface area contributed by atoms with Gasteiger partial charge in [0.15, 0.2) is 5.23 Å². The van der Waals surface area contributed by atoms with Gasteiger partial charge in [0.1, 0.15) is 24.4 Å². The molecule has 0 spiro atoms. The molecule has 12 heteroatoms. The molecular formula is C20H22Br2N4O6+2. The van der Waals surface area contributed by atoms with E-state index in [4.69, 9.17) is 9.47 Å². The van der Waals surface area contributed by atoms with Crippen LogP contribution in [0, 0.1) is 0 Å². The Morgan fingerprint density at radius 1 is 0.906 bits per heavy atom. The predicted octanol–water partition coefficient (Wildman–Crippen LogP) is 1.19. The molecule has 0 N–H and O–H groups in total. The third-order valence-corrected chi connectivity index (χ3v) is 4.80. The molecule has 2 atom stereocenters. The van der Waals surface area contributed by atoms with Crippen LogP contribution in [0.4, 0.5) is 0 Å². The highest BCUT2D eigenvalue weighted by atomic mass is 79.9. The van der Waals surface area contributed by atoms with Crippen LogP contribution < -0.4 is 14.6 Å². The van der Waals surface area contributed by atoms with E-state index >= 15 is 0 Å². The number of halogens is 2. The second-order valence-electron chi connectivity index (χ2n) is 6.25. The first-order valence-corrected chi connectivity index (χ1v) is 11.0. The van der Waals surface area contributed by atoms with Crippen LogP contribution in [0.15, 0.2) is 49.1 Å². The molecule has 2 rings (SSSR count). The number of hydrogen-bond acceptors (Lipinski definition) is 8. The van der Waals surface area contributed by atoms with E-state index in [1.54, 1.807) is 72.3 Å². The molecule has 170 valence electrons. The van der Waals surface area contributed by atoms with Crippen molar-refractivity contribution < 1.29 is 38.0 Å². The minimum Gasteiger partial charge on any atom is -0.465 e. The number of nitrogens with zero attached hydrogens (tertiary/aromatic N) is 4. The fraction of sp³-hybridized carbons (Fsp3) is 0.300. The van der Waals surface area contributed by atoms with Crippen LogP contribution in [-0.4, -0.2) is 40.8 Å². The normalized spacial score (nSPS) is 12.5. The number of aromatic nitrogens is 2. The summed E-state index contributed by atoms with van der Waals surface area (Å²) in [6, 6.07) is 6.56. The Balaban J connectivity index is 2.47. The summed E-state index contributed by atoms with van der Waals surface area (Å²) in [4.78, 5) is 47.4. The van der Waals surface area contributed by atoms with Gasteiger partial charge in [-0.3, -0.25) is 9.59 Å². The largest absolute Gasteiger partial charge is 0.465 e. The highest BCUT2D eigenvalue weighted by Gasteiger charge is 2.33. The average molecular weight is 574 g/mol. The second kappa shape index (κ2) is 12.4. The van der Waals surface area contributed by atoms with Crippen LogP contribution in [0.3, 0.4) is 0 Å². The Bertz CT molecular complexity index is 901. The highest BCUT2D eigenvalue weighted by Crippen LogP contribution is 2.16. The Kier molecular flexibility index (Phi) is 9.88. The molecule has 0 aliphatic carbocycles. The Labute approximate surface area is 201 Å². The first-order chi connectivity index (χ1) is 15.4. The van der Waals surface area contributed by atoms with Crippen LogP contribution in [-0.2, 0) is 28.7 Å². The van der Waals surface area contributed by atoms with Gasteiger partial charge in [-0.1, -0.05) is 0 Å². The third kappa shape index (κ3) is 6.17. The van der Waals surface area contributed by atoms with Crippen LogP contribution >= 0.6 is 32.3 Å². The van der Waals surface area contributed by atoms with E-state index in [0.29, 0.717) is 23.7 Å². The smallest absolute Gasteiger partial charge is 0.320 e. The molecule has 0 aliphatic heterocycles. The number of hydrazine groups is 1. The maximum atomic E-state index is 12.1. The van der Waals surface area contributed by atoms with E-state index in [1.807, 2.05) is 0 Å². The zero-order chi connectivity index (χ0) is 23.7. The van der Waals surface area contributed by atoms with Crippen LogP contribution in [0.25, 0.3) is 0 Å². The molecule has 0 bridgehead atoms. The van der Waals surface area contributed by atoms with Gasteiger partial charge in [-0.2, -0.15) is 0 Å². The molecule has 32 heavy (non-hydrogen) atoms. The van der Waals surface area contributed by atoms with Crippen molar-refractivity contribution in [2.45, 2.75) is 25.7 Å². The topological polar surface area (TPSA) is 101 Å². The third-order valence-electron chi connectivity index (χ3n) is 4.24. The molecule has 2 aromatic rings. The van der Waals surface area contributed by atoms with Gasteiger partial charge >= 0.3 is 11.9 Å². The van der Waals surface area contributed by atoms with Gasteiger partial charge < -0.3 is 19.1 Å². The molecular weight excluding hydrogens is 552 g/mol. The highest BCUT2D eigenvalue weighted by molar-refractivity contribution is 9.21. The molecule has 0 fully saturated rings. The monoisotopic (exact) mass is 572 g/mol. The van der Waals surface area contributed by atoms with E-state index in [-0.39, 0.29) is 13.2 Å². The van der Waals surface area contributed by atoms with Gasteiger partial charge in [0, 0.05) is 26.3 Å². The summed E-state index contributed by atoms with van der Waals surface area (Å²) in [6.45, 7) is 3.62. The number of ether oxygens (including phenoxy) is 2. The minimum absolute atomic E-state index is 0.152. The van der Waals surface area contributed by atoms with Gasteiger partial charge in [0.2, 0.25) is 24.8 Å². The molecule has 2 aromatic heterocycles. The first-order valence-electron chi connectivity index (χ1n) is 9.56. The van der Waals surface area contributed by atoms with Crippen molar-refractivity contribution in [1.82, 2.24) is 3.06 Å². The lowest BCUT2D eigenvalue weighted by atomic mass is 10.0. The van der Waals surface area contributed by atoms with Gasteiger partial charge in [0.25, 0.3) is 0 Å². The zero-order valence-corrected chi connectivity index (χ0v) is 20.5. The van der Waals surface area contributed by atoms with Crippen molar-refractivity contribution in [1.29, 1.82) is 0 Å². The molecule has 0 saturated carbocycles. The summed E-state index contributed by atoms with van der Waals surface area (Å²) in [7, 11) is 0. The quantitative estimate of drug-likeness (QED) is 0.0987. The summed E-state index contributed by atoms with van der Waals surface area (Å²) in [5.41, 5.74) is 0.809. The molecule has 0 aromatic carbocycles. The standard InChI is InChI=1S/C20H22Br2N4O6/c1-3-31-19(29)17(13-27)15-7-5-9-23(11-15)26(25(21)22)24-10-6-8-16(12-24)18(14-28)20(30)32-4-2/h5-14,17-18H,3-4H2,1-2H3/q+2. The SMILES string of the molecule is CCOC(=O)C(C=O)c1ccc[n+](N(N(Br)Br)[n+]2cccc(C(C=O)C(=O)OCC)c2)c1. The maximum absolute atomic E-state index is 12.1. The number of esters is 2. The average Bonchev–Trinajstić information content (AvgIpc) is 2.76. The lowest BCUT2D eigenvalue weighted by Crippen LogP contribution is -2.75. The van der Waals surface area contributed by atoms with Crippen molar-refractivity contribution in [3.05, 3.63) is 60.2 Å². The van der Waals surface area contributed by atoms with E-state index in [1.165, 1.54) is 8.29 Å². The van der Waals surface area contributed by atoms with Crippen molar-refractivity contribution in [2.75, 3.05) is 18.4 Å². The lowest BCUT2D eigenvalue weighted by Gasteiger charge is -2.15.